The molecule has 0 aliphatic carbocycles. The number of benzene rings is 1. The van der Waals surface area contributed by atoms with Gasteiger partial charge in [-0.2, -0.15) is 0 Å². The molecule has 5 nitrogen and oxygen atoms in total. The van der Waals surface area contributed by atoms with Gasteiger partial charge in [0.2, 0.25) is 0 Å². The normalized spacial score (nSPS) is 10.9. The highest BCUT2D eigenvalue weighted by molar-refractivity contribution is 14.0. The molecule has 0 spiro atoms. The van der Waals surface area contributed by atoms with E-state index in [0.29, 0.717) is 6.54 Å². The van der Waals surface area contributed by atoms with Gasteiger partial charge in [0, 0.05) is 44.4 Å². The summed E-state index contributed by atoms with van der Waals surface area (Å²) in [5.41, 5.74) is 2.42. The Balaban J connectivity index is 0.00000264. The lowest BCUT2D eigenvalue weighted by molar-refractivity contribution is 0.805. The summed E-state index contributed by atoms with van der Waals surface area (Å²) in [4.78, 5) is 11.9. The van der Waals surface area contributed by atoms with E-state index < -0.39 is 0 Å². The predicted octanol–water partition coefficient (Wildman–Crippen LogP) is 3.00. The van der Waals surface area contributed by atoms with Crippen LogP contribution in [-0.2, 0) is 13.1 Å². The first-order valence-electron chi connectivity index (χ1n) is 7.20. The van der Waals surface area contributed by atoms with Crippen molar-refractivity contribution in [3.05, 3.63) is 45.9 Å². The summed E-state index contributed by atoms with van der Waals surface area (Å²) in [6.07, 6.45) is 1.89. The Labute approximate surface area is 159 Å². The maximum absolute atomic E-state index is 4.34. The quantitative estimate of drug-likeness (QED) is 0.422. The van der Waals surface area contributed by atoms with Crippen LogP contribution in [0.25, 0.3) is 0 Å². The van der Waals surface area contributed by atoms with Crippen molar-refractivity contribution < 1.29 is 0 Å². The van der Waals surface area contributed by atoms with E-state index in [1.807, 2.05) is 20.3 Å². The van der Waals surface area contributed by atoms with Crippen LogP contribution in [0.1, 0.15) is 15.4 Å². The van der Waals surface area contributed by atoms with Crippen LogP contribution in [0.2, 0.25) is 0 Å². The van der Waals surface area contributed by atoms with E-state index in [9.17, 15) is 0 Å². The third kappa shape index (κ3) is 6.34. The maximum atomic E-state index is 4.34. The van der Waals surface area contributed by atoms with Gasteiger partial charge in [0.25, 0.3) is 0 Å². The number of hydrogen-bond acceptors (Lipinski definition) is 4. The summed E-state index contributed by atoms with van der Waals surface area (Å²) in [6.45, 7) is 3.49. The van der Waals surface area contributed by atoms with E-state index in [-0.39, 0.29) is 24.0 Å². The highest BCUT2D eigenvalue weighted by atomic mass is 127. The third-order valence-corrected chi connectivity index (χ3v) is 4.10. The smallest absolute Gasteiger partial charge is 0.191 e. The molecule has 2 aromatic rings. The summed E-state index contributed by atoms with van der Waals surface area (Å²) >= 11 is 1.70. The minimum Gasteiger partial charge on any atom is -0.378 e. The van der Waals surface area contributed by atoms with Crippen LogP contribution in [0, 0.1) is 6.92 Å². The Bertz CT molecular complexity index is 639. The SMILES string of the molecule is CN=C(NCc1cccc(N(C)C)c1)NCc1ncc(C)s1.I. The van der Waals surface area contributed by atoms with Gasteiger partial charge >= 0.3 is 0 Å². The van der Waals surface area contributed by atoms with Crippen molar-refractivity contribution in [2.75, 3.05) is 26.0 Å². The second-order valence-electron chi connectivity index (χ2n) is 5.21. The lowest BCUT2D eigenvalue weighted by Crippen LogP contribution is -2.36. The first kappa shape index (κ1) is 19.7. The number of hydrogen-bond donors (Lipinski definition) is 2. The number of aliphatic imine (C=N–C) groups is 1. The van der Waals surface area contributed by atoms with Crippen molar-refractivity contribution in [2.45, 2.75) is 20.0 Å². The number of anilines is 1. The van der Waals surface area contributed by atoms with E-state index in [1.165, 1.54) is 16.1 Å². The van der Waals surface area contributed by atoms with E-state index >= 15 is 0 Å². The molecule has 0 aliphatic heterocycles. The zero-order chi connectivity index (χ0) is 15.9. The van der Waals surface area contributed by atoms with Gasteiger partial charge in [-0.05, 0) is 24.6 Å². The molecule has 0 saturated carbocycles. The molecule has 0 radical (unpaired) electrons. The van der Waals surface area contributed by atoms with Gasteiger partial charge in [-0.3, -0.25) is 4.99 Å². The number of aryl methyl sites for hydroxylation is 1. The van der Waals surface area contributed by atoms with Crippen LogP contribution in [0.15, 0.2) is 35.5 Å². The fraction of sp³-hybridized carbons (Fsp3) is 0.375. The van der Waals surface area contributed by atoms with E-state index in [1.54, 1.807) is 18.4 Å². The molecule has 0 amide bonds. The molecule has 7 heteroatoms. The monoisotopic (exact) mass is 445 g/mol. The Kier molecular flexibility index (Phi) is 8.32. The number of nitrogens with one attached hydrogen (secondary N) is 2. The zero-order valence-electron chi connectivity index (χ0n) is 14.0. The van der Waals surface area contributed by atoms with E-state index in [2.05, 4.69) is 56.7 Å². The van der Waals surface area contributed by atoms with Crippen molar-refractivity contribution >= 4 is 47.0 Å². The van der Waals surface area contributed by atoms with Crippen LogP contribution in [0.4, 0.5) is 5.69 Å². The molecule has 0 atom stereocenters. The fourth-order valence-electron chi connectivity index (χ4n) is 1.99. The van der Waals surface area contributed by atoms with Gasteiger partial charge in [0.1, 0.15) is 5.01 Å². The van der Waals surface area contributed by atoms with E-state index in [4.69, 9.17) is 0 Å². The van der Waals surface area contributed by atoms with Gasteiger partial charge in [-0.25, -0.2) is 4.98 Å². The first-order chi connectivity index (χ1) is 10.6. The van der Waals surface area contributed by atoms with Crippen molar-refractivity contribution in [3.63, 3.8) is 0 Å². The number of guanidine groups is 1. The molecule has 1 heterocycles. The minimum atomic E-state index is 0. The number of aromatic nitrogens is 1. The maximum Gasteiger partial charge on any atom is 0.191 e. The number of halogens is 1. The van der Waals surface area contributed by atoms with Gasteiger partial charge < -0.3 is 15.5 Å². The largest absolute Gasteiger partial charge is 0.378 e. The summed E-state index contributed by atoms with van der Waals surface area (Å²) in [5.74, 6) is 0.781. The van der Waals surface area contributed by atoms with Crippen molar-refractivity contribution in [2.24, 2.45) is 4.99 Å². The van der Waals surface area contributed by atoms with E-state index in [0.717, 1.165) is 17.5 Å². The molecule has 0 fully saturated rings. The Morgan fingerprint density at radius 1 is 1.26 bits per heavy atom. The van der Waals surface area contributed by atoms with Gasteiger partial charge in [0.15, 0.2) is 5.96 Å². The van der Waals surface area contributed by atoms with Crippen molar-refractivity contribution in [3.8, 4) is 0 Å². The Hall–Kier alpha value is -1.35. The molecular formula is C16H24IN5S. The minimum absolute atomic E-state index is 0. The second kappa shape index (κ2) is 9.71. The van der Waals surface area contributed by atoms with Crippen molar-refractivity contribution in [1.82, 2.24) is 15.6 Å². The lowest BCUT2D eigenvalue weighted by atomic mass is 10.2. The lowest BCUT2D eigenvalue weighted by Gasteiger charge is -2.15. The van der Waals surface area contributed by atoms with Crippen molar-refractivity contribution in [1.29, 1.82) is 0 Å². The molecule has 1 aromatic heterocycles. The Morgan fingerprint density at radius 3 is 2.61 bits per heavy atom. The molecule has 2 N–H and O–H groups in total. The second-order valence-corrected chi connectivity index (χ2v) is 6.53. The van der Waals surface area contributed by atoms with Crippen LogP contribution >= 0.6 is 35.3 Å². The average Bonchev–Trinajstić information content (AvgIpc) is 2.93. The molecule has 2 rings (SSSR count). The summed E-state index contributed by atoms with van der Waals surface area (Å²) in [7, 11) is 5.87. The number of rotatable bonds is 5. The first-order valence-corrected chi connectivity index (χ1v) is 8.02. The highest BCUT2D eigenvalue weighted by Crippen LogP contribution is 2.13. The molecule has 126 valence electrons. The van der Waals surface area contributed by atoms with Crippen LogP contribution in [-0.4, -0.2) is 32.1 Å². The topological polar surface area (TPSA) is 52.6 Å². The van der Waals surface area contributed by atoms with Gasteiger partial charge in [-0.1, -0.05) is 12.1 Å². The zero-order valence-corrected chi connectivity index (χ0v) is 17.1. The highest BCUT2D eigenvalue weighted by Gasteiger charge is 2.03. The molecule has 23 heavy (non-hydrogen) atoms. The summed E-state index contributed by atoms with van der Waals surface area (Å²) in [6, 6.07) is 8.45. The van der Waals surface area contributed by atoms with Crippen LogP contribution in [0.3, 0.4) is 0 Å². The van der Waals surface area contributed by atoms with Gasteiger partial charge in [0.05, 0.1) is 6.54 Å². The van der Waals surface area contributed by atoms with Crippen LogP contribution < -0.4 is 15.5 Å². The third-order valence-electron chi connectivity index (χ3n) is 3.19. The molecule has 0 unspecified atom stereocenters. The summed E-state index contributed by atoms with van der Waals surface area (Å²) in [5, 5.41) is 7.67. The molecular weight excluding hydrogens is 421 g/mol. The number of thiazole rings is 1. The van der Waals surface area contributed by atoms with Crippen LogP contribution in [0.5, 0.6) is 0 Å². The molecule has 0 aliphatic rings. The van der Waals surface area contributed by atoms with Gasteiger partial charge in [-0.15, -0.1) is 35.3 Å². The number of nitrogens with zero attached hydrogens (tertiary/aromatic N) is 3. The summed E-state index contributed by atoms with van der Waals surface area (Å²) < 4.78 is 0. The molecule has 1 aromatic carbocycles. The predicted molar refractivity (Wildman–Crippen MR) is 110 cm³/mol. The average molecular weight is 445 g/mol. The fourth-order valence-corrected chi connectivity index (χ4v) is 2.72. The Morgan fingerprint density at radius 2 is 2.00 bits per heavy atom. The standard InChI is InChI=1S/C16H23N5S.HI/c1-12-9-18-15(22-12)11-20-16(17-2)19-10-13-6-5-7-14(8-13)21(3)4;/h5-9H,10-11H2,1-4H3,(H2,17,19,20);1H. The molecule has 0 bridgehead atoms. The molecule has 0 saturated heterocycles.